The average molecular weight is 318 g/mol. The number of halogens is 1. The molecule has 1 amide bonds. The second-order valence-corrected chi connectivity index (χ2v) is 6.79. The summed E-state index contributed by atoms with van der Waals surface area (Å²) in [6.07, 6.45) is 6.09. The number of rotatable bonds is 3. The number of carbonyl (C=O) groups is 1. The molecule has 2 aromatic rings. The van der Waals surface area contributed by atoms with Crippen molar-refractivity contribution in [3.63, 3.8) is 0 Å². The Morgan fingerprint density at radius 1 is 1.32 bits per heavy atom. The van der Waals surface area contributed by atoms with Crippen LogP contribution in [-0.2, 0) is 0 Å². The highest BCUT2D eigenvalue weighted by Gasteiger charge is 2.39. The van der Waals surface area contributed by atoms with Crippen LogP contribution < -0.4 is 10.6 Å². The van der Waals surface area contributed by atoms with Gasteiger partial charge in [0.1, 0.15) is 5.82 Å². The van der Waals surface area contributed by atoms with Crippen LogP contribution in [0.15, 0.2) is 24.5 Å². The lowest BCUT2D eigenvalue weighted by Crippen LogP contribution is -2.42. The number of carbonyl (C=O) groups excluding carboxylic acids is 1. The maximum absolute atomic E-state index is 12.9. The number of hydrogen-bond acceptors (Lipinski definition) is 5. The van der Waals surface area contributed by atoms with E-state index in [-0.39, 0.29) is 17.8 Å². The third-order valence-electron chi connectivity index (χ3n) is 4.30. The zero-order valence-corrected chi connectivity index (χ0v) is 12.6. The minimum Gasteiger partial charge on any atom is -0.346 e. The first kappa shape index (κ1) is 13.8. The molecule has 0 radical (unpaired) electrons. The molecule has 0 spiro atoms. The predicted molar refractivity (Wildman–Crippen MR) is 81.1 cm³/mol. The molecule has 2 N–H and O–H groups in total. The van der Waals surface area contributed by atoms with Crippen LogP contribution in [0.3, 0.4) is 0 Å². The zero-order chi connectivity index (χ0) is 15.1. The van der Waals surface area contributed by atoms with E-state index >= 15 is 0 Å². The molecular weight excluding hydrogens is 303 g/mol. The Bertz CT molecular complexity index is 702. The fourth-order valence-corrected chi connectivity index (χ4v) is 4.03. The molecular formula is C15H15FN4OS. The molecule has 0 saturated carbocycles. The number of aromatic nitrogens is 2. The fraction of sp³-hybridized carbons (Fsp3) is 0.400. The molecule has 2 aliphatic heterocycles. The van der Waals surface area contributed by atoms with Crippen molar-refractivity contribution in [3.8, 4) is 10.6 Å². The first-order chi connectivity index (χ1) is 10.7. The Hall–Kier alpha value is -1.86. The highest BCUT2D eigenvalue weighted by Crippen LogP contribution is 2.29. The maximum atomic E-state index is 12.9. The van der Waals surface area contributed by atoms with Gasteiger partial charge in [-0.15, -0.1) is 11.3 Å². The minimum absolute atomic E-state index is 0.141. The molecule has 5 nitrogen and oxygen atoms in total. The summed E-state index contributed by atoms with van der Waals surface area (Å²) in [6, 6.07) is 4.08. The van der Waals surface area contributed by atoms with Crippen molar-refractivity contribution in [2.24, 2.45) is 0 Å². The summed E-state index contributed by atoms with van der Waals surface area (Å²) < 4.78 is 12.9. The number of nitrogens with zero attached hydrogens (tertiary/aromatic N) is 2. The van der Waals surface area contributed by atoms with Crippen LogP contribution in [0, 0.1) is 5.82 Å². The number of hydrogen-bond donors (Lipinski definition) is 2. The van der Waals surface area contributed by atoms with Gasteiger partial charge in [-0.1, -0.05) is 0 Å². The molecule has 22 heavy (non-hydrogen) atoms. The smallest absolute Gasteiger partial charge is 0.280 e. The van der Waals surface area contributed by atoms with Crippen LogP contribution in [0.5, 0.6) is 0 Å². The number of pyridine rings is 1. The van der Waals surface area contributed by atoms with Gasteiger partial charge in [-0.25, -0.2) is 9.37 Å². The van der Waals surface area contributed by atoms with Crippen LogP contribution in [-0.4, -0.2) is 34.0 Å². The lowest BCUT2D eigenvalue weighted by atomic mass is 9.95. The van der Waals surface area contributed by atoms with E-state index in [9.17, 15) is 9.18 Å². The lowest BCUT2D eigenvalue weighted by Gasteiger charge is -2.20. The summed E-state index contributed by atoms with van der Waals surface area (Å²) in [7, 11) is 0. The summed E-state index contributed by atoms with van der Waals surface area (Å²) in [6.45, 7) is 0. The predicted octanol–water partition coefficient (Wildman–Crippen LogP) is 1.97. The van der Waals surface area contributed by atoms with Gasteiger partial charge in [-0.05, 0) is 31.4 Å². The Kier molecular flexibility index (Phi) is 3.38. The largest absolute Gasteiger partial charge is 0.346 e. The van der Waals surface area contributed by atoms with Gasteiger partial charge in [0.2, 0.25) is 0 Å². The van der Waals surface area contributed by atoms with E-state index in [4.69, 9.17) is 0 Å². The van der Waals surface area contributed by atoms with Crippen molar-refractivity contribution in [2.45, 2.75) is 37.4 Å². The van der Waals surface area contributed by atoms with Crippen LogP contribution in [0.4, 0.5) is 4.39 Å². The fourth-order valence-electron chi connectivity index (χ4n) is 3.23. The molecule has 2 aliphatic rings. The molecule has 3 unspecified atom stereocenters. The summed E-state index contributed by atoms with van der Waals surface area (Å²) in [5, 5.41) is 6.98. The molecule has 2 saturated heterocycles. The lowest BCUT2D eigenvalue weighted by molar-refractivity contribution is 0.0930. The SMILES string of the molecule is O=C(NC1CC2CCC1N2)c1ncc(-c2ccc(F)cn2)s1. The molecule has 7 heteroatoms. The molecule has 4 heterocycles. The second kappa shape index (κ2) is 5.40. The summed E-state index contributed by atoms with van der Waals surface area (Å²) >= 11 is 1.27. The summed E-state index contributed by atoms with van der Waals surface area (Å²) in [5.41, 5.74) is 0.625. The van der Waals surface area contributed by atoms with Gasteiger partial charge in [0.15, 0.2) is 5.01 Å². The first-order valence-corrected chi connectivity index (χ1v) is 8.15. The number of thiazole rings is 1. The van der Waals surface area contributed by atoms with E-state index in [0.717, 1.165) is 23.9 Å². The topological polar surface area (TPSA) is 66.9 Å². The minimum atomic E-state index is -0.380. The van der Waals surface area contributed by atoms with E-state index in [1.807, 2.05) is 0 Å². The van der Waals surface area contributed by atoms with Gasteiger partial charge in [0.05, 0.1) is 16.8 Å². The van der Waals surface area contributed by atoms with Crippen molar-refractivity contribution in [2.75, 3.05) is 0 Å². The van der Waals surface area contributed by atoms with Crippen LogP contribution in [0.25, 0.3) is 10.6 Å². The molecule has 0 aliphatic carbocycles. The molecule has 2 aromatic heterocycles. The van der Waals surface area contributed by atoms with E-state index in [1.54, 1.807) is 12.3 Å². The highest BCUT2D eigenvalue weighted by atomic mass is 32.1. The molecule has 4 rings (SSSR count). The van der Waals surface area contributed by atoms with Crippen LogP contribution in [0.2, 0.25) is 0 Å². The Morgan fingerprint density at radius 2 is 2.23 bits per heavy atom. The van der Waals surface area contributed by atoms with Crippen LogP contribution in [0.1, 0.15) is 29.1 Å². The monoisotopic (exact) mass is 318 g/mol. The van der Waals surface area contributed by atoms with Crippen molar-refractivity contribution in [1.29, 1.82) is 0 Å². The third-order valence-corrected chi connectivity index (χ3v) is 5.31. The molecule has 114 valence electrons. The van der Waals surface area contributed by atoms with Crippen LogP contribution >= 0.6 is 11.3 Å². The number of amides is 1. The zero-order valence-electron chi connectivity index (χ0n) is 11.8. The quantitative estimate of drug-likeness (QED) is 0.908. The third kappa shape index (κ3) is 2.50. The number of nitrogens with one attached hydrogen (secondary N) is 2. The normalized spacial score (nSPS) is 26.3. The van der Waals surface area contributed by atoms with Crippen molar-refractivity contribution in [1.82, 2.24) is 20.6 Å². The molecule has 3 atom stereocenters. The average Bonchev–Trinajstić information content (AvgIpc) is 3.24. The van der Waals surface area contributed by atoms with E-state index in [0.29, 0.717) is 22.8 Å². The van der Waals surface area contributed by atoms with E-state index in [1.165, 1.54) is 23.8 Å². The maximum Gasteiger partial charge on any atom is 0.280 e. The van der Waals surface area contributed by atoms with Crippen molar-refractivity contribution < 1.29 is 9.18 Å². The van der Waals surface area contributed by atoms with Gasteiger partial charge in [0, 0.05) is 24.3 Å². The van der Waals surface area contributed by atoms with Gasteiger partial charge >= 0.3 is 0 Å². The summed E-state index contributed by atoms with van der Waals surface area (Å²) in [4.78, 5) is 21.2. The Balaban J connectivity index is 1.46. The Morgan fingerprint density at radius 3 is 2.91 bits per heavy atom. The van der Waals surface area contributed by atoms with Gasteiger partial charge in [0.25, 0.3) is 5.91 Å². The highest BCUT2D eigenvalue weighted by molar-refractivity contribution is 7.16. The standard InChI is InChI=1S/C15H15FN4OS/c16-8-1-3-11(17-6-8)13-7-18-15(22-13)14(21)20-12-5-9-2-4-10(12)19-9/h1,3,6-7,9-10,12,19H,2,4-5H2,(H,20,21). The molecule has 0 aromatic carbocycles. The van der Waals surface area contributed by atoms with Crippen molar-refractivity contribution in [3.05, 3.63) is 35.4 Å². The number of fused-ring (bicyclic) bond motifs is 2. The molecule has 2 fully saturated rings. The first-order valence-electron chi connectivity index (χ1n) is 7.34. The molecule has 2 bridgehead atoms. The Labute approximate surface area is 131 Å². The second-order valence-electron chi connectivity index (χ2n) is 5.75. The summed E-state index contributed by atoms with van der Waals surface area (Å²) in [5.74, 6) is -0.521. The van der Waals surface area contributed by atoms with Gasteiger partial charge in [-0.2, -0.15) is 0 Å². The van der Waals surface area contributed by atoms with E-state index in [2.05, 4.69) is 20.6 Å². The van der Waals surface area contributed by atoms with E-state index < -0.39 is 0 Å². The van der Waals surface area contributed by atoms with Gasteiger partial charge in [-0.3, -0.25) is 9.78 Å². The van der Waals surface area contributed by atoms with Gasteiger partial charge < -0.3 is 10.6 Å². The van der Waals surface area contributed by atoms with Crippen molar-refractivity contribution >= 4 is 17.2 Å².